The van der Waals surface area contributed by atoms with Crippen LogP contribution in [0, 0.1) is 5.92 Å². The third-order valence-electron chi connectivity index (χ3n) is 3.49. The summed E-state index contributed by atoms with van der Waals surface area (Å²) in [4.78, 5) is 16.3. The first kappa shape index (κ1) is 11.5. The first-order chi connectivity index (χ1) is 7.72. The second-order valence-corrected chi connectivity index (χ2v) is 5.15. The molecule has 16 heavy (non-hydrogen) atoms. The van der Waals surface area contributed by atoms with Crippen LogP contribution >= 0.6 is 0 Å². The van der Waals surface area contributed by atoms with Crippen molar-refractivity contribution in [1.82, 2.24) is 9.80 Å². The lowest BCUT2D eigenvalue weighted by Gasteiger charge is -2.35. The molecule has 1 aliphatic heterocycles. The average molecular weight is 222 g/mol. The number of likely N-dealkylation sites (tertiary alicyclic amines) is 1. The molecule has 2 amide bonds. The summed E-state index contributed by atoms with van der Waals surface area (Å²) < 4.78 is 0. The lowest BCUT2D eigenvalue weighted by Crippen LogP contribution is -2.48. The van der Waals surface area contributed by atoms with Gasteiger partial charge in [0.15, 0.2) is 0 Å². The Morgan fingerprint density at radius 2 is 2.25 bits per heavy atom. The molecular weight excluding hydrogens is 200 g/mol. The van der Waals surface area contributed by atoms with Crippen molar-refractivity contribution in [2.24, 2.45) is 5.92 Å². The second kappa shape index (κ2) is 4.89. The molecule has 0 aromatic heterocycles. The smallest absolute Gasteiger partial charge is 0.320 e. The van der Waals surface area contributed by atoms with Crippen molar-refractivity contribution < 1.29 is 4.79 Å². The number of hydrogen-bond acceptors (Lipinski definition) is 1. The van der Waals surface area contributed by atoms with Crippen LogP contribution in [0.15, 0.2) is 12.7 Å². The van der Waals surface area contributed by atoms with Crippen molar-refractivity contribution in [1.29, 1.82) is 0 Å². The lowest BCUT2D eigenvalue weighted by atomic mass is 10.0. The number of amides is 2. The Hall–Kier alpha value is -0.990. The fourth-order valence-electron chi connectivity index (χ4n) is 2.45. The zero-order chi connectivity index (χ0) is 11.5. The van der Waals surface area contributed by atoms with Crippen LogP contribution in [0.3, 0.4) is 0 Å². The maximum Gasteiger partial charge on any atom is 0.320 e. The molecule has 3 nitrogen and oxygen atoms in total. The molecule has 90 valence electrons. The van der Waals surface area contributed by atoms with Gasteiger partial charge in [0.05, 0.1) is 0 Å². The Morgan fingerprint density at radius 1 is 1.50 bits per heavy atom. The highest BCUT2D eigenvalue weighted by atomic mass is 16.2. The molecule has 0 aromatic carbocycles. The van der Waals surface area contributed by atoms with Crippen LogP contribution in [0.1, 0.15) is 32.6 Å². The van der Waals surface area contributed by atoms with Crippen LogP contribution in [-0.4, -0.2) is 41.5 Å². The number of rotatable bonds is 3. The predicted octanol–water partition coefficient (Wildman–Crippen LogP) is 2.49. The number of hydrogen-bond donors (Lipinski definition) is 0. The van der Waals surface area contributed by atoms with Crippen molar-refractivity contribution >= 4 is 6.03 Å². The van der Waals surface area contributed by atoms with E-state index in [-0.39, 0.29) is 6.03 Å². The highest BCUT2D eigenvalue weighted by Gasteiger charge is 2.34. The van der Waals surface area contributed by atoms with Gasteiger partial charge in [-0.25, -0.2) is 4.79 Å². The monoisotopic (exact) mass is 222 g/mol. The Bertz CT molecular complexity index is 273. The van der Waals surface area contributed by atoms with Crippen molar-refractivity contribution in [3.8, 4) is 0 Å². The topological polar surface area (TPSA) is 23.6 Å². The van der Waals surface area contributed by atoms with Crippen LogP contribution in [0.25, 0.3) is 0 Å². The molecule has 1 unspecified atom stereocenters. The van der Waals surface area contributed by atoms with E-state index in [0.29, 0.717) is 18.5 Å². The maximum atomic E-state index is 12.3. The SMILES string of the molecule is C=CCN(C(=O)N1CCCC(C)C1)C1CC1. The quantitative estimate of drug-likeness (QED) is 0.673. The highest BCUT2D eigenvalue weighted by Crippen LogP contribution is 2.28. The van der Waals surface area contributed by atoms with Crippen LogP contribution in [0.2, 0.25) is 0 Å². The van der Waals surface area contributed by atoms with Gasteiger partial charge < -0.3 is 9.80 Å². The van der Waals surface area contributed by atoms with E-state index in [1.807, 2.05) is 15.9 Å². The Balaban J connectivity index is 1.95. The predicted molar refractivity (Wildman–Crippen MR) is 65.3 cm³/mol. The van der Waals surface area contributed by atoms with Gasteiger partial charge in [0.2, 0.25) is 0 Å². The highest BCUT2D eigenvalue weighted by molar-refractivity contribution is 5.75. The molecular formula is C13H22N2O. The molecule has 0 bridgehead atoms. The summed E-state index contributed by atoms with van der Waals surface area (Å²) in [5.74, 6) is 0.655. The second-order valence-electron chi connectivity index (χ2n) is 5.15. The van der Waals surface area contributed by atoms with Gasteiger partial charge in [-0.3, -0.25) is 0 Å². The molecule has 0 radical (unpaired) electrons. The van der Waals surface area contributed by atoms with Gasteiger partial charge in [-0.15, -0.1) is 6.58 Å². The van der Waals surface area contributed by atoms with E-state index in [4.69, 9.17) is 0 Å². The molecule has 1 heterocycles. The van der Waals surface area contributed by atoms with Crippen molar-refractivity contribution in [2.45, 2.75) is 38.6 Å². The third-order valence-corrected chi connectivity index (χ3v) is 3.49. The summed E-state index contributed by atoms with van der Waals surface area (Å²) in [6, 6.07) is 0.719. The zero-order valence-corrected chi connectivity index (χ0v) is 10.2. The largest absolute Gasteiger partial charge is 0.324 e. The van der Waals surface area contributed by atoms with Gasteiger partial charge in [-0.1, -0.05) is 13.0 Å². The number of nitrogens with zero attached hydrogens (tertiary/aromatic N) is 2. The van der Waals surface area contributed by atoms with Gasteiger partial charge in [0.1, 0.15) is 0 Å². The number of urea groups is 1. The average Bonchev–Trinajstić information content (AvgIpc) is 3.09. The molecule has 0 aromatic rings. The minimum atomic E-state index is 0.231. The first-order valence-corrected chi connectivity index (χ1v) is 6.39. The van der Waals surface area contributed by atoms with Gasteiger partial charge in [0, 0.05) is 25.7 Å². The minimum Gasteiger partial charge on any atom is -0.324 e. The van der Waals surface area contributed by atoms with E-state index in [2.05, 4.69) is 13.5 Å². The molecule has 0 N–H and O–H groups in total. The van der Waals surface area contributed by atoms with E-state index >= 15 is 0 Å². The summed E-state index contributed by atoms with van der Waals surface area (Å²) in [5.41, 5.74) is 0. The minimum absolute atomic E-state index is 0.231. The normalized spacial score (nSPS) is 25.3. The molecule has 0 spiro atoms. The first-order valence-electron chi connectivity index (χ1n) is 6.39. The maximum absolute atomic E-state index is 12.3. The fourth-order valence-corrected chi connectivity index (χ4v) is 2.45. The number of carbonyl (C=O) groups excluding carboxylic acids is 1. The van der Waals surface area contributed by atoms with E-state index in [1.54, 1.807) is 0 Å². The van der Waals surface area contributed by atoms with Crippen LogP contribution in [-0.2, 0) is 0 Å². The van der Waals surface area contributed by atoms with Crippen molar-refractivity contribution in [3.05, 3.63) is 12.7 Å². The Labute approximate surface area is 98.1 Å². The van der Waals surface area contributed by atoms with Gasteiger partial charge in [-0.2, -0.15) is 0 Å². The van der Waals surface area contributed by atoms with Gasteiger partial charge in [-0.05, 0) is 31.6 Å². The van der Waals surface area contributed by atoms with E-state index in [1.165, 1.54) is 19.3 Å². The Kier molecular flexibility index (Phi) is 3.52. The van der Waals surface area contributed by atoms with E-state index in [0.717, 1.165) is 19.5 Å². The van der Waals surface area contributed by atoms with Crippen molar-refractivity contribution in [3.63, 3.8) is 0 Å². The zero-order valence-electron chi connectivity index (χ0n) is 10.2. The molecule has 1 saturated carbocycles. The van der Waals surface area contributed by atoms with Crippen LogP contribution in [0.5, 0.6) is 0 Å². The number of carbonyl (C=O) groups is 1. The molecule has 2 rings (SSSR count). The summed E-state index contributed by atoms with van der Waals surface area (Å²) >= 11 is 0. The third kappa shape index (κ3) is 2.57. The summed E-state index contributed by atoms with van der Waals surface area (Å²) in [7, 11) is 0. The van der Waals surface area contributed by atoms with Crippen LogP contribution < -0.4 is 0 Å². The molecule has 1 aliphatic carbocycles. The van der Waals surface area contributed by atoms with Crippen molar-refractivity contribution in [2.75, 3.05) is 19.6 Å². The lowest BCUT2D eigenvalue weighted by molar-refractivity contribution is 0.133. The summed E-state index contributed by atoms with van der Waals surface area (Å²) in [5, 5.41) is 0. The fraction of sp³-hybridized carbons (Fsp3) is 0.769. The number of piperidine rings is 1. The summed E-state index contributed by atoms with van der Waals surface area (Å²) in [6.45, 7) is 8.54. The molecule has 3 heteroatoms. The Morgan fingerprint density at radius 3 is 2.81 bits per heavy atom. The standard InChI is InChI=1S/C13H22N2O/c1-3-8-15(12-6-7-12)13(16)14-9-4-5-11(2)10-14/h3,11-12H,1,4-10H2,2H3. The van der Waals surface area contributed by atoms with Gasteiger partial charge in [0.25, 0.3) is 0 Å². The van der Waals surface area contributed by atoms with E-state index in [9.17, 15) is 4.79 Å². The molecule has 2 fully saturated rings. The molecule has 2 aliphatic rings. The van der Waals surface area contributed by atoms with Gasteiger partial charge >= 0.3 is 6.03 Å². The molecule has 1 atom stereocenters. The van der Waals surface area contributed by atoms with Crippen LogP contribution in [0.4, 0.5) is 4.79 Å². The molecule has 1 saturated heterocycles. The van der Waals surface area contributed by atoms with E-state index < -0.39 is 0 Å². The summed E-state index contributed by atoms with van der Waals surface area (Å²) in [6.07, 6.45) is 6.59.